The van der Waals surface area contributed by atoms with Gasteiger partial charge in [-0.05, 0) is 79.6 Å². The molecule has 42 heavy (non-hydrogen) atoms. The molecule has 0 aliphatic heterocycles. The van der Waals surface area contributed by atoms with Crippen molar-refractivity contribution in [2.24, 2.45) is 0 Å². The van der Waals surface area contributed by atoms with Crippen LogP contribution < -0.4 is 9.62 Å². The first kappa shape index (κ1) is 31.2. The van der Waals surface area contributed by atoms with Crippen molar-refractivity contribution in [2.75, 3.05) is 16.2 Å². The summed E-state index contributed by atoms with van der Waals surface area (Å²) in [6.45, 7) is 3.58. The molecule has 1 fully saturated rings. The summed E-state index contributed by atoms with van der Waals surface area (Å²) < 4.78 is 79.3. The fourth-order valence-electron chi connectivity index (χ4n) is 4.53. The van der Waals surface area contributed by atoms with E-state index in [1.54, 1.807) is 35.2 Å². The molecular weight excluding hydrogens is 570 g/mol. The SMILES string of the molecule is C=C(F)CCC(=O)N(CCCCCc1cc(C(F)(F)F)ccn1)c1cccc(-c2ccc(NS(=O)(=O)C3CC3)cc2)c1. The smallest absolute Gasteiger partial charge is 0.312 e. The third-order valence-corrected chi connectivity index (χ3v) is 8.84. The van der Waals surface area contributed by atoms with E-state index in [4.69, 9.17) is 0 Å². The predicted octanol–water partition coefficient (Wildman–Crippen LogP) is 7.68. The lowest BCUT2D eigenvalue weighted by atomic mass is 10.0. The molecule has 4 rings (SSSR count). The molecule has 2 aromatic carbocycles. The number of nitrogens with one attached hydrogen (secondary N) is 1. The average Bonchev–Trinajstić information content (AvgIpc) is 3.80. The number of sulfonamides is 1. The Kier molecular flexibility index (Phi) is 10.0. The summed E-state index contributed by atoms with van der Waals surface area (Å²) in [5, 5.41) is -0.329. The monoisotopic (exact) mass is 603 g/mol. The first-order chi connectivity index (χ1) is 19.9. The molecule has 0 atom stereocenters. The molecule has 1 saturated carbocycles. The van der Waals surface area contributed by atoms with Crippen LogP contribution >= 0.6 is 0 Å². The third kappa shape index (κ3) is 8.88. The van der Waals surface area contributed by atoms with E-state index in [1.165, 1.54) is 0 Å². The Morgan fingerprint density at radius 1 is 0.976 bits per heavy atom. The molecular formula is C31H33F4N3O3S. The predicted molar refractivity (Wildman–Crippen MR) is 156 cm³/mol. The number of halogens is 4. The van der Waals surface area contributed by atoms with Crippen LogP contribution in [-0.2, 0) is 27.4 Å². The van der Waals surface area contributed by atoms with Crippen LogP contribution in [-0.4, -0.2) is 31.1 Å². The summed E-state index contributed by atoms with van der Waals surface area (Å²) in [5.74, 6) is -0.849. The van der Waals surface area contributed by atoms with Gasteiger partial charge < -0.3 is 4.90 Å². The van der Waals surface area contributed by atoms with Crippen molar-refractivity contribution in [3.8, 4) is 11.1 Å². The van der Waals surface area contributed by atoms with Crippen molar-refractivity contribution >= 4 is 27.3 Å². The Labute approximate surface area is 243 Å². The maximum absolute atomic E-state index is 13.3. The van der Waals surface area contributed by atoms with E-state index in [-0.39, 0.29) is 24.0 Å². The van der Waals surface area contributed by atoms with Crippen LogP contribution in [0.5, 0.6) is 0 Å². The fourth-order valence-corrected chi connectivity index (χ4v) is 5.92. The maximum atomic E-state index is 13.3. The Morgan fingerprint density at radius 3 is 2.38 bits per heavy atom. The van der Waals surface area contributed by atoms with Crippen molar-refractivity contribution in [3.05, 3.63) is 90.5 Å². The van der Waals surface area contributed by atoms with Gasteiger partial charge in [-0.1, -0.05) is 37.3 Å². The molecule has 1 aliphatic rings. The molecule has 1 aromatic heterocycles. The summed E-state index contributed by atoms with van der Waals surface area (Å²) in [5.41, 5.74) is 2.37. The Balaban J connectivity index is 1.41. The van der Waals surface area contributed by atoms with E-state index in [0.29, 0.717) is 62.1 Å². The first-order valence-electron chi connectivity index (χ1n) is 13.8. The van der Waals surface area contributed by atoms with Gasteiger partial charge in [0, 0.05) is 42.7 Å². The van der Waals surface area contributed by atoms with Gasteiger partial charge in [-0.15, -0.1) is 0 Å². The van der Waals surface area contributed by atoms with E-state index in [0.717, 1.165) is 29.5 Å². The van der Waals surface area contributed by atoms with Crippen molar-refractivity contribution in [1.29, 1.82) is 0 Å². The molecule has 6 nitrogen and oxygen atoms in total. The lowest BCUT2D eigenvalue weighted by molar-refractivity contribution is -0.137. The zero-order chi connectivity index (χ0) is 30.3. The number of amides is 1. The molecule has 0 spiro atoms. The minimum atomic E-state index is -4.42. The minimum Gasteiger partial charge on any atom is -0.312 e. The summed E-state index contributed by atoms with van der Waals surface area (Å²) in [4.78, 5) is 18.7. The number of allylic oxidation sites excluding steroid dienone is 1. The number of unbranched alkanes of at least 4 members (excludes halogenated alkanes) is 2. The number of hydrogen-bond acceptors (Lipinski definition) is 4. The van der Waals surface area contributed by atoms with Crippen molar-refractivity contribution < 1.29 is 30.8 Å². The van der Waals surface area contributed by atoms with Gasteiger partial charge in [0.15, 0.2) is 0 Å². The average molecular weight is 604 g/mol. The zero-order valence-corrected chi connectivity index (χ0v) is 23.9. The van der Waals surface area contributed by atoms with Gasteiger partial charge in [-0.2, -0.15) is 13.2 Å². The van der Waals surface area contributed by atoms with Crippen LogP contribution in [0.2, 0.25) is 0 Å². The molecule has 1 aliphatic carbocycles. The number of anilines is 2. The van der Waals surface area contributed by atoms with Crippen LogP contribution in [0.25, 0.3) is 11.1 Å². The highest BCUT2D eigenvalue weighted by atomic mass is 32.2. The number of carbonyl (C=O) groups is 1. The molecule has 0 radical (unpaired) electrons. The summed E-state index contributed by atoms with van der Waals surface area (Å²) in [6, 6.07) is 16.3. The molecule has 0 saturated heterocycles. The summed E-state index contributed by atoms with van der Waals surface area (Å²) in [7, 11) is -3.37. The fraction of sp³-hybridized carbons (Fsp3) is 0.355. The number of nitrogens with zero attached hydrogens (tertiary/aromatic N) is 2. The van der Waals surface area contributed by atoms with Gasteiger partial charge in [0.2, 0.25) is 15.9 Å². The largest absolute Gasteiger partial charge is 0.416 e. The molecule has 11 heteroatoms. The second-order valence-electron chi connectivity index (χ2n) is 10.4. The number of hydrogen-bond donors (Lipinski definition) is 1. The van der Waals surface area contributed by atoms with E-state index in [1.807, 2.05) is 18.2 Å². The normalized spacial score (nSPS) is 13.5. The molecule has 224 valence electrons. The van der Waals surface area contributed by atoms with Gasteiger partial charge in [-0.25, -0.2) is 12.8 Å². The van der Waals surface area contributed by atoms with Gasteiger partial charge in [0.1, 0.15) is 0 Å². The van der Waals surface area contributed by atoms with E-state index < -0.39 is 27.6 Å². The number of carbonyl (C=O) groups excluding carboxylic acids is 1. The number of rotatable bonds is 14. The lowest BCUT2D eigenvalue weighted by Crippen LogP contribution is -2.31. The van der Waals surface area contributed by atoms with Gasteiger partial charge in [0.05, 0.1) is 16.6 Å². The zero-order valence-electron chi connectivity index (χ0n) is 23.0. The van der Waals surface area contributed by atoms with Crippen LogP contribution in [0.1, 0.15) is 56.2 Å². The third-order valence-electron chi connectivity index (χ3n) is 6.97. The van der Waals surface area contributed by atoms with E-state index >= 15 is 0 Å². The van der Waals surface area contributed by atoms with Crippen LogP contribution in [0.15, 0.2) is 79.3 Å². The topological polar surface area (TPSA) is 79.4 Å². The van der Waals surface area contributed by atoms with Crippen LogP contribution in [0.4, 0.5) is 28.9 Å². The molecule has 0 unspecified atom stereocenters. The highest BCUT2D eigenvalue weighted by Crippen LogP contribution is 2.32. The quantitative estimate of drug-likeness (QED) is 0.151. The summed E-state index contributed by atoms with van der Waals surface area (Å²) in [6.07, 6.45) is 0.132. The number of pyridine rings is 1. The van der Waals surface area contributed by atoms with Crippen molar-refractivity contribution in [2.45, 2.75) is 62.8 Å². The first-order valence-corrected chi connectivity index (χ1v) is 15.3. The number of aryl methyl sites for hydroxylation is 1. The molecule has 1 amide bonds. The van der Waals surface area contributed by atoms with E-state index in [2.05, 4.69) is 16.3 Å². The maximum Gasteiger partial charge on any atom is 0.416 e. The number of benzene rings is 2. The Hall–Kier alpha value is -3.73. The second-order valence-corrected chi connectivity index (χ2v) is 12.3. The number of aromatic nitrogens is 1. The van der Waals surface area contributed by atoms with Gasteiger partial charge in [0.25, 0.3) is 0 Å². The second kappa shape index (κ2) is 13.5. The van der Waals surface area contributed by atoms with Crippen molar-refractivity contribution in [1.82, 2.24) is 4.98 Å². The van der Waals surface area contributed by atoms with Crippen LogP contribution in [0, 0.1) is 0 Å². The molecule has 1 heterocycles. The summed E-state index contributed by atoms with van der Waals surface area (Å²) >= 11 is 0. The standard InChI is InChI=1S/C31H33F4N3O3S/c1-22(32)9-16-30(39)38(19-4-2-3-7-27-21-25(17-18-36-27)31(33,34)35)28-8-5-6-24(20-28)23-10-12-26(13-11-23)37-42(40,41)29-14-15-29/h5-6,8,10-13,17-18,20-21,29,37H,1-4,7,9,14-16,19H2. The molecule has 1 N–H and O–H groups in total. The minimum absolute atomic E-state index is 0.0520. The Bertz CT molecular complexity index is 1500. The lowest BCUT2D eigenvalue weighted by Gasteiger charge is -2.24. The molecule has 0 bridgehead atoms. The Morgan fingerprint density at radius 2 is 1.71 bits per heavy atom. The van der Waals surface area contributed by atoms with Gasteiger partial charge >= 0.3 is 6.18 Å². The highest BCUT2D eigenvalue weighted by molar-refractivity contribution is 7.93. The van der Waals surface area contributed by atoms with Gasteiger partial charge in [-0.3, -0.25) is 14.5 Å². The van der Waals surface area contributed by atoms with Crippen LogP contribution in [0.3, 0.4) is 0 Å². The molecule has 3 aromatic rings. The number of alkyl halides is 3. The highest BCUT2D eigenvalue weighted by Gasteiger charge is 2.35. The van der Waals surface area contributed by atoms with Crippen molar-refractivity contribution in [3.63, 3.8) is 0 Å². The van der Waals surface area contributed by atoms with E-state index in [9.17, 15) is 30.8 Å².